The summed E-state index contributed by atoms with van der Waals surface area (Å²) in [6.07, 6.45) is 0. The summed E-state index contributed by atoms with van der Waals surface area (Å²) < 4.78 is 0. The van der Waals surface area contributed by atoms with Crippen LogP contribution in [0.25, 0.3) is 0 Å². The molecule has 6 heteroatoms. The second-order valence-corrected chi connectivity index (χ2v) is 11.3. The molecule has 0 aromatic heterocycles. The van der Waals surface area contributed by atoms with Gasteiger partial charge < -0.3 is 19.8 Å². The molecule has 0 bridgehead atoms. The maximum Gasteiger partial charge on any atom is 0.0942 e. The SMILES string of the molecule is O=C([O-])c1ccccc1C(=O)[O-].c1ccc([PH2+]c2ccccc2)cc1.c1ccc([PH2+]c2ccccc2)cc1. The van der Waals surface area contributed by atoms with Gasteiger partial charge in [-0.25, -0.2) is 0 Å². The van der Waals surface area contributed by atoms with Gasteiger partial charge in [0.05, 0.1) is 50.3 Å². The van der Waals surface area contributed by atoms with E-state index in [-0.39, 0.29) is 28.3 Å². The molecule has 0 saturated heterocycles. The third kappa shape index (κ3) is 10.1. The minimum Gasteiger partial charge on any atom is -0.545 e. The van der Waals surface area contributed by atoms with E-state index in [9.17, 15) is 19.8 Å². The number of benzene rings is 5. The van der Waals surface area contributed by atoms with Gasteiger partial charge in [0, 0.05) is 11.1 Å². The topological polar surface area (TPSA) is 80.3 Å². The van der Waals surface area contributed by atoms with Gasteiger partial charge in [0.25, 0.3) is 0 Å². The first kappa shape index (κ1) is 28.5. The summed E-state index contributed by atoms with van der Waals surface area (Å²) in [5, 5.41) is 26.5. The Morgan fingerprint density at radius 3 is 0.789 bits per heavy atom. The molecule has 0 radical (unpaired) electrons. The van der Waals surface area contributed by atoms with E-state index < -0.39 is 11.9 Å². The molecule has 0 amide bonds. The van der Waals surface area contributed by atoms with Crippen molar-refractivity contribution in [1.29, 1.82) is 0 Å². The lowest BCUT2D eigenvalue weighted by molar-refractivity contribution is -0.259. The smallest absolute Gasteiger partial charge is 0.0942 e. The average Bonchev–Trinajstić information content (AvgIpc) is 2.96. The maximum atomic E-state index is 10.3. The molecule has 190 valence electrons. The Morgan fingerprint density at radius 2 is 0.579 bits per heavy atom. The molecule has 0 aliphatic heterocycles. The molecule has 0 spiro atoms. The fourth-order valence-electron chi connectivity index (χ4n) is 3.42. The quantitative estimate of drug-likeness (QED) is 0.311. The zero-order valence-electron chi connectivity index (χ0n) is 20.6. The minimum absolute atomic E-state index is 0.271. The lowest BCUT2D eigenvalue weighted by Gasteiger charge is -2.09. The number of aromatic carboxylic acids is 2. The first-order chi connectivity index (χ1) is 18.5. The van der Waals surface area contributed by atoms with Crippen molar-refractivity contribution >= 4 is 50.3 Å². The van der Waals surface area contributed by atoms with Crippen LogP contribution in [0, 0.1) is 0 Å². The lowest BCUT2D eigenvalue weighted by atomic mass is 10.1. The number of carboxylic acid groups (broad SMARTS) is 2. The van der Waals surface area contributed by atoms with Crippen molar-refractivity contribution in [3.63, 3.8) is 0 Å². The van der Waals surface area contributed by atoms with Gasteiger partial charge in [-0.05, 0) is 48.5 Å². The van der Waals surface area contributed by atoms with Crippen LogP contribution in [0.3, 0.4) is 0 Å². The van der Waals surface area contributed by atoms with Crippen molar-refractivity contribution in [1.82, 2.24) is 0 Å². The van der Waals surface area contributed by atoms with E-state index in [0.29, 0.717) is 0 Å². The van der Waals surface area contributed by atoms with Crippen LogP contribution in [0.15, 0.2) is 146 Å². The molecule has 5 aromatic carbocycles. The second kappa shape index (κ2) is 15.9. The highest BCUT2D eigenvalue weighted by Crippen LogP contribution is 2.10. The largest absolute Gasteiger partial charge is 0.545 e. The van der Waals surface area contributed by atoms with E-state index >= 15 is 0 Å². The monoisotopic (exact) mass is 538 g/mol. The van der Waals surface area contributed by atoms with Gasteiger partial charge in [0.15, 0.2) is 0 Å². The first-order valence-electron chi connectivity index (χ1n) is 11.9. The molecule has 5 rings (SSSR count). The van der Waals surface area contributed by atoms with Gasteiger partial charge in [0.2, 0.25) is 0 Å². The summed E-state index contributed by atoms with van der Waals surface area (Å²) in [7, 11) is 0.543. The molecule has 0 fully saturated rings. The van der Waals surface area contributed by atoms with E-state index in [0.717, 1.165) is 12.1 Å². The molecular weight excluding hydrogens is 510 g/mol. The van der Waals surface area contributed by atoms with Gasteiger partial charge >= 0.3 is 0 Å². The first-order valence-corrected chi connectivity index (χ1v) is 14.3. The summed E-state index contributed by atoms with van der Waals surface area (Å²) in [5.41, 5.74) is -0.727. The molecule has 0 N–H and O–H groups in total. The summed E-state index contributed by atoms with van der Waals surface area (Å²) in [6, 6.07) is 47.8. The van der Waals surface area contributed by atoms with Gasteiger partial charge in [0.1, 0.15) is 0 Å². The maximum absolute atomic E-state index is 10.3. The predicted octanol–water partition coefficient (Wildman–Crippen LogP) is 2.51. The van der Waals surface area contributed by atoms with E-state index in [1.54, 1.807) is 0 Å². The Hall–Kier alpha value is -4.10. The van der Waals surface area contributed by atoms with Crippen LogP contribution in [0.5, 0.6) is 0 Å². The molecular formula is C32H28O4P2. The number of hydrogen-bond donors (Lipinski definition) is 0. The van der Waals surface area contributed by atoms with Gasteiger partial charge in [-0.3, -0.25) is 0 Å². The summed E-state index contributed by atoms with van der Waals surface area (Å²) in [4.78, 5) is 20.6. The molecule has 5 aromatic rings. The highest BCUT2D eigenvalue weighted by Gasteiger charge is 2.02. The Kier molecular flexibility index (Phi) is 11.9. The molecule has 0 aliphatic rings. The fraction of sp³-hybridized carbons (Fsp3) is 0. The average molecular weight is 539 g/mol. The van der Waals surface area contributed by atoms with Gasteiger partial charge in [-0.15, -0.1) is 0 Å². The Balaban J connectivity index is 0.000000158. The summed E-state index contributed by atoms with van der Waals surface area (Å²) in [6.45, 7) is 0. The van der Waals surface area contributed by atoms with Crippen LogP contribution >= 0.6 is 17.2 Å². The van der Waals surface area contributed by atoms with Crippen LogP contribution < -0.4 is 31.4 Å². The van der Waals surface area contributed by atoms with E-state index in [4.69, 9.17) is 0 Å². The fourth-order valence-corrected chi connectivity index (χ4v) is 5.85. The molecule has 0 atom stereocenters. The molecule has 0 aliphatic carbocycles. The molecule has 0 heterocycles. The van der Waals surface area contributed by atoms with Crippen molar-refractivity contribution in [3.05, 3.63) is 157 Å². The third-order valence-electron chi connectivity index (χ3n) is 5.23. The number of carboxylic acids is 2. The zero-order valence-corrected chi connectivity index (χ0v) is 23.0. The number of rotatable bonds is 6. The highest BCUT2D eigenvalue weighted by atomic mass is 31.1. The summed E-state index contributed by atoms with van der Waals surface area (Å²) in [5.74, 6) is -3.04. The van der Waals surface area contributed by atoms with E-state index in [1.165, 1.54) is 33.4 Å². The number of carbonyl (C=O) groups is 2. The predicted molar refractivity (Wildman–Crippen MR) is 159 cm³/mol. The van der Waals surface area contributed by atoms with E-state index in [1.807, 2.05) is 0 Å². The van der Waals surface area contributed by atoms with E-state index in [2.05, 4.69) is 121 Å². The van der Waals surface area contributed by atoms with Crippen LogP contribution in [0.4, 0.5) is 0 Å². The summed E-state index contributed by atoms with van der Waals surface area (Å²) >= 11 is 0. The minimum atomic E-state index is -1.52. The van der Waals surface area contributed by atoms with Crippen molar-refractivity contribution in [3.8, 4) is 0 Å². The molecule has 4 nitrogen and oxygen atoms in total. The zero-order chi connectivity index (χ0) is 27.0. The Bertz CT molecular complexity index is 1210. The van der Waals surface area contributed by atoms with Crippen molar-refractivity contribution in [2.45, 2.75) is 0 Å². The lowest BCUT2D eigenvalue weighted by Crippen LogP contribution is -2.29. The van der Waals surface area contributed by atoms with Gasteiger partial charge in [-0.2, -0.15) is 0 Å². The second-order valence-electron chi connectivity index (χ2n) is 8.05. The normalized spacial score (nSPS) is 9.68. The molecule has 0 unspecified atom stereocenters. The standard InChI is InChI=1S/2C12H11P.C8H6O4/c2*1-3-7-11(8-4-1)13-12-9-5-2-6-10-12;9-7(10)5-3-1-2-4-6(5)8(11)12/h2*1-10,13H;1-4H,(H,9,10)(H,11,12). The highest BCUT2D eigenvalue weighted by molar-refractivity contribution is 7.55. The molecule has 38 heavy (non-hydrogen) atoms. The molecule has 0 saturated carbocycles. The van der Waals surface area contributed by atoms with Crippen LogP contribution in [0.2, 0.25) is 0 Å². The van der Waals surface area contributed by atoms with Crippen LogP contribution in [-0.2, 0) is 0 Å². The number of carbonyl (C=O) groups excluding carboxylic acids is 2. The Labute approximate surface area is 226 Å². The van der Waals surface area contributed by atoms with Crippen molar-refractivity contribution in [2.24, 2.45) is 0 Å². The Morgan fingerprint density at radius 1 is 0.368 bits per heavy atom. The van der Waals surface area contributed by atoms with Crippen molar-refractivity contribution < 1.29 is 19.8 Å². The van der Waals surface area contributed by atoms with Crippen molar-refractivity contribution in [2.75, 3.05) is 0 Å². The van der Waals surface area contributed by atoms with Crippen LogP contribution in [-0.4, -0.2) is 11.9 Å². The van der Waals surface area contributed by atoms with Gasteiger partial charge in [-0.1, -0.05) is 97.1 Å². The van der Waals surface area contributed by atoms with Crippen LogP contribution in [0.1, 0.15) is 20.7 Å². The number of hydrogen-bond acceptors (Lipinski definition) is 4. The third-order valence-corrected chi connectivity index (χ3v) is 8.10.